The summed E-state index contributed by atoms with van der Waals surface area (Å²) in [6.45, 7) is 8.76. The summed E-state index contributed by atoms with van der Waals surface area (Å²) in [5, 5.41) is -1.93. The van der Waals surface area contributed by atoms with Crippen molar-refractivity contribution in [1.82, 2.24) is 6.15 Å². The van der Waals surface area contributed by atoms with Crippen LogP contribution in [-0.2, 0) is 29.2 Å². The van der Waals surface area contributed by atoms with Crippen LogP contribution in [0.5, 0.6) is 0 Å². The first-order valence-corrected chi connectivity index (χ1v) is 11.8. The van der Waals surface area contributed by atoms with E-state index in [0.717, 1.165) is 38.5 Å². The quantitative estimate of drug-likeness (QED) is 0.206. The molecule has 0 heterocycles. The highest BCUT2D eigenvalue weighted by Crippen LogP contribution is 2.12. The smallest absolute Gasteiger partial charge is 0.327 e. The molecular formula is C20H41NO7S. The molecule has 0 saturated carbocycles. The predicted octanol–water partition coefficient (Wildman–Crippen LogP) is 4.31. The maximum absolute atomic E-state index is 12.0. The molecule has 0 amide bonds. The Hall–Kier alpha value is -1.19. The van der Waals surface area contributed by atoms with Crippen molar-refractivity contribution in [3.63, 3.8) is 0 Å². The summed E-state index contributed by atoms with van der Waals surface area (Å²) in [5.41, 5.74) is 0. The highest BCUT2D eigenvalue weighted by Gasteiger charge is 2.35. The summed E-state index contributed by atoms with van der Waals surface area (Å²) >= 11 is 0. The van der Waals surface area contributed by atoms with Gasteiger partial charge in [-0.15, -0.1) is 0 Å². The molecule has 1 unspecified atom stereocenters. The lowest BCUT2D eigenvalue weighted by atomic mass is 10.1. The third-order valence-corrected chi connectivity index (χ3v) is 5.41. The van der Waals surface area contributed by atoms with Crippen LogP contribution < -0.4 is 6.15 Å². The Morgan fingerprint density at radius 3 is 1.66 bits per heavy atom. The van der Waals surface area contributed by atoms with Gasteiger partial charge in [-0.05, 0) is 24.7 Å². The molecule has 8 nitrogen and oxygen atoms in total. The van der Waals surface area contributed by atoms with E-state index in [2.05, 4.69) is 27.7 Å². The first-order chi connectivity index (χ1) is 13.0. The Kier molecular flexibility index (Phi) is 17.2. The zero-order valence-corrected chi connectivity index (χ0v) is 19.3. The van der Waals surface area contributed by atoms with Crippen LogP contribution in [0.1, 0.15) is 85.5 Å². The number of rotatable bonds is 16. The molecule has 0 fully saturated rings. The maximum Gasteiger partial charge on any atom is 0.327 e. The molecular weight excluding hydrogens is 398 g/mol. The van der Waals surface area contributed by atoms with Gasteiger partial charge in [0.25, 0.3) is 10.1 Å². The van der Waals surface area contributed by atoms with Crippen molar-refractivity contribution < 1.29 is 32.0 Å². The number of hydrogen-bond acceptors (Lipinski definition) is 7. The minimum Gasteiger partial charge on any atom is -0.466 e. The Labute approximate surface area is 176 Å². The van der Waals surface area contributed by atoms with E-state index in [1.807, 2.05) is 0 Å². The monoisotopic (exact) mass is 439 g/mol. The van der Waals surface area contributed by atoms with Gasteiger partial charge in [0.2, 0.25) is 0 Å². The van der Waals surface area contributed by atoms with Gasteiger partial charge >= 0.3 is 11.9 Å². The van der Waals surface area contributed by atoms with E-state index in [9.17, 15) is 22.6 Å². The van der Waals surface area contributed by atoms with Crippen LogP contribution in [0.25, 0.3) is 0 Å². The first kappa shape index (κ1) is 30.0. The average Bonchev–Trinajstić information content (AvgIpc) is 2.57. The molecule has 9 heteroatoms. The van der Waals surface area contributed by atoms with Gasteiger partial charge in [-0.25, -0.2) is 0 Å². The number of carbonyl (C=O) groups excluding carboxylic acids is 2. The third kappa shape index (κ3) is 17.4. The van der Waals surface area contributed by atoms with Crippen molar-refractivity contribution in [3.8, 4) is 0 Å². The molecule has 0 aliphatic heterocycles. The van der Waals surface area contributed by atoms with Crippen molar-refractivity contribution in [2.75, 3.05) is 13.2 Å². The van der Waals surface area contributed by atoms with Gasteiger partial charge in [-0.3, -0.25) is 14.1 Å². The zero-order valence-electron chi connectivity index (χ0n) is 18.5. The molecule has 0 aromatic carbocycles. The standard InChI is InChI=1S/C20H38O7S.H3N/c1-16(2)11-7-5-9-13-26-19(21)15-18(28(23,24)25)20(22)27-14-10-6-8-12-17(3)4;/h16-18H,5-15H2,1-4H3,(H,23,24,25);1H3. The van der Waals surface area contributed by atoms with Crippen LogP contribution in [0, 0.1) is 11.8 Å². The van der Waals surface area contributed by atoms with Crippen molar-refractivity contribution in [2.24, 2.45) is 11.8 Å². The Bertz CT molecular complexity index is 547. The van der Waals surface area contributed by atoms with Gasteiger partial charge in [0, 0.05) is 0 Å². The summed E-state index contributed by atoms with van der Waals surface area (Å²) in [7, 11) is -4.74. The van der Waals surface area contributed by atoms with Crippen LogP contribution in [0.15, 0.2) is 0 Å². The number of esters is 2. The molecule has 0 aliphatic rings. The highest BCUT2D eigenvalue weighted by molar-refractivity contribution is 7.87. The third-order valence-electron chi connectivity index (χ3n) is 4.33. The van der Waals surface area contributed by atoms with E-state index in [1.54, 1.807) is 0 Å². The lowest BCUT2D eigenvalue weighted by Gasteiger charge is -2.13. The molecule has 0 aromatic rings. The summed E-state index contributed by atoms with van der Waals surface area (Å²) in [6.07, 6.45) is 6.52. The van der Waals surface area contributed by atoms with Crippen molar-refractivity contribution in [1.29, 1.82) is 0 Å². The Morgan fingerprint density at radius 2 is 1.24 bits per heavy atom. The van der Waals surface area contributed by atoms with Crippen LogP contribution in [0.3, 0.4) is 0 Å². The van der Waals surface area contributed by atoms with E-state index in [-0.39, 0.29) is 19.4 Å². The van der Waals surface area contributed by atoms with Gasteiger partial charge in [-0.1, -0.05) is 66.2 Å². The van der Waals surface area contributed by atoms with Gasteiger partial charge in [-0.2, -0.15) is 8.42 Å². The molecule has 174 valence electrons. The van der Waals surface area contributed by atoms with E-state index in [1.165, 1.54) is 0 Å². The van der Waals surface area contributed by atoms with Gasteiger partial charge < -0.3 is 15.6 Å². The molecule has 1 atom stereocenters. The van der Waals surface area contributed by atoms with Crippen LogP contribution in [0.4, 0.5) is 0 Å². The molecule has 0 rings (SSSR count). The SMILES string of the molecule is CC(C)CCCCCOC(=O)CC(C(=O)OCCCCCC(C)C)S(=O)(=O)O.N. The average molecular weight is 440 g/mol. The molecule has 0 spiro atoms. The predicted molar refractivity (Wildman–Crippen MR) is 114 cm³/mol. The minimum atomic E-state index is -4.74. The molecule has 0 radical (unpaired) electrons. The summed E-state index contributed by atoms with van der Waals surface area (Å²) in [4.78, 5) is 23.8. The number of unbranched alkanes of at least 4 members (excludes halogenated alkanes) is 4. The topological polar surface area (TPSA) is 142 Å². The highest BCUT2D eigenvalue weighted by atomic mass is 32.2. The summed E-state index contributed by atoms with van der Waals surface area (Å²) in [6, 6.07) is 0. The molecule has 0 aromatic heterocycles. The van der Waals surface area contributed by atoms with Gasteiger partial charge in [0.1, 0.15) is 0 Å². The molecule has 0 saturated heterocycles. The zero-order chi connectivity index (χ0) is 21.6. The summed E-state index contributed by atoms with van der Waals surface area (Å²) in [5.74, 6) is -0.715. The molecule has 29 heavy (non-hydrogen) atoms. The second-order valence-corrected chi connectivity index (χ2v) is 9.68. The lowest BCUT2D eigenvalue weighted by Crippen LogP contribution is -2.34. The second-order valence-electron chi connectivity index (χ2n) is 8.08. The lowest BCUT2D eigenvalue weighted by molar-refractivity contribution is -0.150. The van der Waals surface area contributed by atoms with Gasteiger partial charge in [0.05, 0.1) is 19.6 Å². The fraction of sp³-hybridized carbons (Fsp3) is 0.900. The van der Waals surface area contributed by atoms with E-state index in [4.69, 9.17) is 9.47 Å². The van der Waals surface area contributed by atoms with E-state index >= 15 is 0 Å². The minimum absolute atomic E-state index is 0. The largest absolute Gasteiger partial charge is 0.466 e. The van der Waals surface area contributed by atoms with Crippen LogP contribution in [-0.4, -0.2) is 43.4 Å². The van der Waals surface area contributed by atoms with Gasteiger partial charge in [0.15, 0.2) is 5.25 Å². The fourth-order valence-corrected chi connectivity index (χ4v) is 3.29. The van der Waals surface area contributed by atoms with Crippen LogP contribution in [0.2, 0.25) is 0 Å². The molecule has 4 N–H and O–H groups in total. The Balaban J connectivity index is 0. The van der Waals surface area contributed by atoms with Crippen molar-refractivity contribution in [2.45, 2.75) is 90.7 Å². The molecule has 0 aliphatic carbocycles. The Morgan fingerprint density at radius 1 is 0.793 bits per heavy atom. The first-order valence-electron chi connectivity index (χ1n) is 10.3. The van der Waals surface area contributed by atoms with Crippen molar-refractivity contribution >= 4 is 22.1 Å². The number of carbonyl (C=O) groups is 2. The second kappa shape index (κ2) is 16.6. The van der Waals surface area contributed by atoms with E-state index in [0.29, 0.717) is 24.7 Å². The maximum atomic E-state index is 12.0. The summed E-state index contributed by atoms with van der Waals surface area (Å²) < 4.78 is 42.1. The van der Waals surface area contributed by atoms with Crippen LogP contribution >= 0.6 is 0 Å². The fourth-order valence-electron chi connectivity index (χ4n) is 2.64. The van der Waals surface area contributed by atoms with E-state index < -0.39 is 33.7 Å². The number of ether oxygens (including phenoxy) is 2. The molecule has 0 bridgehead atoms. The number of hydrogen-bond donors (Lipinski definition) is 2. The normalized spacial score (nSPS) is 12.5. The van der Waals surface area contributed by atoms with Crippen molar-refractivity contribution in [3.05, 3.63) is 0 Å².